The van der Waals surface area contributed by atoms with E-state index in [-0.39, 0.29) is 11.7 Å². The highest BCUT2D eigenvalue weighted by Crippen LogP contribution is 2.37. The fourth-order valence-corrected chi connectivity index (χ4v) is 4.21. The molecule has 0 unspecified atom stereocenters. The van der Waals surface area contributed by atoms with Gasteiger partial charge in [-0.3, -0.25) is 0 Å². The summed E-state index contributed by atoms with van der Waals surface area (Å²) in [7, 11) is 1.67. The van der Waals surface area contributed by atoms with Crippen LogP contribution in [0.2, 0.25) is 0 Å². The molecule has 5 nitrogen and oxygen atoms in total. The topological polar surface area (TPSA) is 49.3 Å². The van der Waals surface area contributed by atoms with Crippen molar-refractivity contribution in [3.8, 4) is 11.5 Å². The average molecular weight is 365 g/mol. The Hall–Kier alpha value is -2.53. The molecule has 5 rings (SSSR count). The Labute approximate surface area is 158 Å². The standard InChI is InChI=1S/C22H23NO4/c1-24-20-7-6-17(19-13-22(27-23-19)8-9-25-14-22)12-21(20)26-18-10-15-4-2-3-5-16(15)11-18/h2-7,12,18H,8-11,13-14H2,1H3/t22-/m1/s1. The highest BCUT2D eigenvalue weighted by Gasteiger charge is 2.43. The maximum absolute atomic E-state index is 6.35. The van der Waals surface area contributed by atoms with Crippen LogP contribution in [0.5, 0.6) is 11.5 Å². The van der Waals surface area contributed by atoms with Crippen LogP contribution in [-0.2, 0) is 22.4 Å². The Balaban J connectivity index is 1.36. The van der Waals surface area contributed by atoms with Gasteiger partial charge in [0, 0.05) is 31.2 Å². The molecule has 1 saturated heterocycles. The number of hydrogen-bond acceptors (Lipinski definition) is 5. The molecule has 0 aromatic heterocycles. The first kappa shape index (κ1) is 16.6. The molecule has 2 aromatic rings. The van der Waals surface area contributed by atoms with Crippen LogP contribution < -0.4 is 9.47 Å². The van der Waals surface area contributed by atoms with E-state index in [1.807, 2.05) is 18.2 Å². The van der Waals surface area contributed by atoms with Gasteiger partial charge in [0.25, 0.3) is 0 Å². The lowest BCUT2D eigenvalue weighted by Crippen LogP contribution is -2.29. The fraction of sp³-hybridized carbons (Fsp3) is 0.409. The van der Waals surface area contributed by atoms with Gasteiger partial charge in [0.15, 0.2) is 17.1 Å². The first-order chi connectivity index (χ1) is 13.2. The van der Waals surface area contributed by atoms with E-state index in [1.165, 1.54) is 11.1 Å². The number of benzene rings is 2. The lowest BCUT2D eigenvalue weighted by atomic mass is 9.93. The van der Waals surface area contributed by atoms with E-state index in [9.17, 15) is 0 Å². The monoisotopic (exact) mass is 365 g/mol. The molecule has 2 aliphatic heterocycles. The molecule has 0 bridgehead atoms. The minimum Gasteiger partial charge on any atom is -0.493 e. The summed E-state index contributed by atoms with van der Waals surface area (Å²) in [6.45, 7) is 1.35. The highest BCUT2D eigenvalue weighted by atomic mass is 16.7. The molecule has 1 spiro atoms. The molecular formula is C22H23NO4. The molecule has 27 heavy (non-hydrogen) atoms. The van der Waals surface area contributed by atoms with Gasteiger partial charge in [-0.25, -0.2) is 0 Å². The number of methoxy groups -OCH3 is 1. The van der Waals surface area contributed by atoms with Crippen molar-refractivity contribution >= 4 is 5.71 Å². The minimum atomic E-state index is -0.274. The third kappa shape index (κ3) is 3.06. The molecular weight excluding hydrogens is 342 g/mol. The van der Waals surface area contributed by atoms with Crippen molar-refractivity contribution in [1.82, 2.24) is 0 Å². The fourth-order valence-electron chi connectivity index (χ4n) is 4.21. The molecule has 5 heteroatoms. The van der Waals surface area contributed by atoms with E-state index < -0.39 is 0 Å². The maximum atomic E-state index is 6.35. The molecule has 0 N–H and O–H groups in total. The van der Waals surface area contributed by atoms with Gasteiger partial charge < -0.3 is 19.0 Å². The SMILES string of the molecule is COc1ccc(C2=NO[C@]3(CCOC3)C2)cc1OC1Cc2ccccc2C1. The minimum absolute atomic E-state index is 0.128. The van der Waals surface area contributed by atoms with E-state index in [1.54, 1.807) is 7.11 Å². The largest absolute Gasteiger partial charge is 0.493 e. The van der Waals surface area contributed by atoms with Gasteiger partial charge >= 0.3 is 0 Å². The molecule has 1 atom stereocenters. The van der Waals surface area contributed by atoms with Crippen LogP contribution in [0.15, 0.2) is 47.6 Å². The average Bonchev–Trinajstić information content (AvgIpc) is 3.42. The second-order valence-corrected chi connectivity index (χ2v) is 7.57. The molecule has 3 aliphatic rings. The van der Waals surface area contributed by atoms with Crippen molar-refractivity contribution < 1.29 is 19.0 Å². The zero-order chi connectivity index (χ0) is 18.3. The molecule has 2 heterocycles. The molecule has 0 saturated carbocycles. The number of ether oxygens (including phenoxy) is 3. The van der Waals surface area contributed by atoms with Crippen LogP contribution in [0, 0.1) is 0 Å². The van der Waals surface area contributed by atoms with Crippen molar-refractivity contribution in [3.63, 3.8) is 0 Å². The van der Waals surface area contributed by atoms with Gasteiger partial charge in [-0.2, -0.15) is 0 Å². The van der Waals surface area contributed by atoms with Gasteiger partial charge in [-0.05, 0) is 29.3 Å². The predicted molar refractivity (Wildman–Crippen MR) is 102 cm³/mol. The van der Waals surface area contributed by atoms with Crippen molar-refractivity contribution in [3.05, 3.63) is 59.2 Å². The van der Waals surface area contributed by atoms with Gasteiger partial charge in [-0.1, -0.05) is 29.4 Å². The Morgan fingerprint density at radius 1 is 1.07 bits per heavy atom. The second-order valence-electron chi connectivity index (χ2n) is 7.57. The van der Waals surface area contributed by atoms with Gasteiger partial charge in [0.2, 0.25) is 0 Å². The first-order valence-corrected chi connectivity index (χ1v) is 9.49. The van der Waals surface area contributed by atoms with E-state index in [0.717, 1.165) is 55.1 Å². The lowest BCUT2D eigenvalue weighted by molar-refractivity contribution is -0.0237. The molecule has 1 aliphatic carbocycles. The van der Waals surface area contributed by atoms with E-state index in [2.05, 4.69) is 29.4 Å². The Morgan fingerprint density at radius 3 is 2.59 bits per heavy atom. The number of rotatable bonds is 4. The summed E-state index contributed by atoms with van der Waals surface area (Å²) in [6.07, 6.45) is 3.64. The van der Waals surface area contributed by atoms with Crippen molar-refractivity contribution in [2.24, 2.45) is 5.16 Å². The van der Waals surface area contributed by atoms with Crippen LogP contribution in [0.25, 0.3) is 0 Å². The Bertz CT molecular complexity index is 861. The molecule has 0 amide bonds. The summed E-state index contributed by atoms with van der Waals surface area (Å²) >= 11 is 0. The molecule has 2 aromatic carbocycles. The zero-order valence-electron chi connectivity index (χ0n) is 15.4. The summed E-state index contributed by atoms with van der Waals surface area (Å²) < 4.78 is 17.4. The predicted octanol–water partition coefficient (Wildman–Crippen LogP) is 3.52. The van der Waals surface area contributed by atoms with Crippen molar-refractivity contribution in [1.29, 1.82) is 0 Å². The van der Waals surface area contributed by atoms with Gasteiger partial charge in [0.05, 0.1) is 26.0 Å². The first-order valence-electron chi connectivity index (χ1n) is 9.49. The summed E-state index contributed by atoms with van der Waals surface area (Å²) in [5.41, 5.74) is 4.43. The third-order valence-corrected chi connectivity index (χ3v) is 5.71. The highest BCUT2D eigenvalue weighted by molar-refractivity contribution is 6.02. The molecule has 0 radical (unpaired) electrons. The van der Waals surface area contributed by atoms with Crippen molar-refractivity contribution in [2.45, 2.75) is 37.4 Å². The number of fused-ring (bicyclic) bond motifs is 1. The lowest BCUT2D eigenvalue weighted by Gasteiger charge is -2.18. The number of hydrogen-bond donors (Lipinski definition) is 0. The van der Waals surface area contributed by atoms with Gasteiger partial charge in [0.1, 0.15) is 6.10 Å². The third-order valence-electron chi connectivity index (χ3n) is 5.71. The smallest absolute Gasteiger partial charge is 0.168 e. The van der Waals surface area contributed by atoms with Crippen LogP contribution in [0.4, 0.5) is 0 Å². The zero-order valence-corrected chi connectivity index (χ0v) is 15.4. The van der Waals surface area contributed by atoms with Gasteiger partial charge in [-0.15, -0.1) is 0 Å². The Kier molecular flexibility index (Phi) is 4.05. The molecule has 140 valence electrons. The van der Waals surface area contributed by atoms with Crippen LogP contribution >= 0.6 is 0 Å². The summed E-state index contributed by atoms with van der Waals surface area (Å²) in [4.78, 5) is 5.73. The van der Waals surface area contributed by atoms with E-state index in [4.69, 9.17) is 19.0 Å². The summed E-state index contributed by atoms with van der Waals surface area (Å²) in [5.74, 6) is 1.51. The normalized spacial score (nSPS) is 24.0. The molecule has 1 fully saturated rings. The second kappa shape index (κ2) is 6.57. The van der Waals surface area contributed by atoms with Crippen molar-refractivity contribution in [2.75, 3.05) is 20.3 Å². The van der Waals surface area contributed by atoms with Crippen LogP contribution in [0.1, 0.15) is 29.5 Å². The number of nitrogens with zero attached hydrogens (tertiary/aromatic N) is 1. The maximum Gasteiger partial charge on any atom is 0.168 e. The summed E-state index contributed by atoms with van der Waals surface area (Å²) in [6, 6.07) is 14.5. The number of oxime groups is 1. The van der Waals surface area contributed by atoms with Crippen LogP contribution in [-0.4, -0.2) is 37.7 Å². The van der Waals surface area contributed by atoms with E-state index in [0.29, 0.717) is 6.61 Å². The summed E-state index contributed by atoms with van der Waals surface area (Å²) in [5, 5.41) is 4.34. The quantitative estimate of drug-likeness (QED) is 0.832. The van der Waals surface area contributed by atoms with E-state index >= 15 is 0 Å². The Morgan fingerprint density at radius 2 is 1.89 bits per heavy atom. The van der Waals surface area contributed by atoms with Crippen LogP contribution in [0.3, 0.4) is 0 Å².